The van der Waals surface area contributed by atoms with Crippen molar-refractivity contribution in [2.24, 2.45) is 0 Å². The summed E-state index contributed by atoms with van der Waals surface area (Å²) in [6, 6.07) is 32.0. The molecule has 1 aliphatic carbocycles. The fraction of sp³-hybridized carbons (Fsp3) is 0.188. The molecule has 6 heteroatoms. The van der Waals surface area contributed by atoms with Crippen LogP contribution in [0.5, 0.6) is 5.75 Å². The van der Waals surface area contributed by atoms with Crippen molar-refractivity contribution in [2.45, 2.75) is 37.2 Å². The number of carboxylic acids is 1. The number of rotatable bonds is 9. The van der Waals surface area contributed by atoms with Gasteiger partial charge in [-0.15, -0.1) is 0 Å². The minimum absolute atomic E-state index is 0.00708. The second kappa shape index (κ2) is 11.1. The van der Waals surface area contributed by atoms with Gasteiger partial charge in [0.15, 0.2) is 6.10 Å². The predicted molar refractivity (Wildman–Crippen MR) is 150 cm³/mol. The maximum Gasteiger partial charge on any atom is 0.345 e. The molecule has 1 amide bonds. The number of nitrogens with one attached hydrogen (secondary N) is 1. The quantitative estimate of drug-likeness (QED) is 0.243. The summed E-state index contributed by atoms with van der Waals surface area (Å²) < 4.78 is 5.86. The molecule has 0 saturated heterocycles. The van der Waals surface area contributed by atoms with Crippen molar-refractivity contribution in [1.29, 1.82) is 0 Å². The molecule has 0 spiro atoms. The van der Waals surface area contributed by atoms with E-state index in [1.807, 2.05) is 97.1 Å². The number of carbonyl (C=O) groups excluding carboxylic acids is 1. The zero-order valence-corrected chi connectivity index (χ0v) is 21.5. The molecule has 38 heavy (non-hydrogen) atoms. The molecule has 2 N–H and O–H groups in total. The van der Waals surface area contributed by atoms with Crippen LogP contribution < -0.4 is 10.1 Å². The summed E-state index contributed by atoms with van der Waals surface area (Å²) in [4.78, 5) is 25.1. The molecule has 1 unspecified atom stereocenters. The number of carboxylic acid groups (broad SMARTS) is 1. The van der Waals surface area contributed by atoms with Crippen LogP contribution in [-0.4, -0.2) is 23.1 Å². The average molecular weight is 526 g/mol. The number of hydrogen-bond acceptors (Lipinski definition) is 3. The molecule has 1 saturated carbocycles. The van der Waals surface area contributed by atoms with E-state index < -0.39 is 17.5 Å². The van der Waals surface area contributed by atoms with E-state index in [0.717, 1.165) is 47.2 Å². The molecular formula is C32H28ClNO4. The van der Waals surface area contributed by atoms with Crippen LogP contribution in [0.2, 0.25) is 5.02 Å². The van der Waals surface area contributed by atoms with Crippen molar-refractivity contribution in [3.63, 3.8) is 0 Å². The van der Waals surface area contributed by atoms with Gasteiger partial charge in [0.25, 0.3) is 0 Å². The standard InChI is InChI=1S/C32H28ClNO4/c33-26-14-12-25(13-15-26)32(18-5-19-32)31(37)34-27-16-10-23(11-17-27)24-8-4-9-28(21-24)38-29(30(35)36)20-22-6-2-1-3-7-22/h1-4,6-17,21,29H,5,18-20H2,(H,34,37)(H,35,36). The Morgan fingerprint density at radius 3 is 2.21 bits per heavy atom. The van der Waals surface area contributed by atoms with Gasteiger partial charge in [0.1, 0.15) is 5.75 Å². The summed E-state index contributed by atoms with van der Waals surface area (Å²) >= 11 is 6.04. The third-order valence-electron chi connectivity index (χ3n) is 7.17. The van der Waals surface area contributed by atoms with E-state index in [-0.39, 0.29) is 12.3 Å². The summed E-state index contributed by atoms with van der Waals surface area (Å²) in [7, 11) is 0. The van der Waals surface area contributed by atoms with E-state index in [2.05, 4.69) is 5.32 Å². The molecular weight excluding hydrogens is 498 g/mol. The van der Waals surface area contributed by atoms with Crippen molar-refractivity contribution < 1.29 is 19.4 Å². The molecule has 4 aromatic carbocycles. The van der Waals surface area contributed by atoms with Gasteiger partial charge in [0.2, 0.25) is 5.91 Å². The lowest BCUT2D eigenvalue weighted by Crippen LogP contribution is -2.45. The van der Waals surface area contributed by atoms with Crippen molar-refractivity contribution in [3.8, 4) is 16.9 Å². The first kappa shape index (κ1) is 25.6. The summed E-state index contributed by atoms with van der Waals surface area (Å²) in [6.45, 7) is 0. The molecule has 0 bridgehead atoms. The highest BCUT2D eigenvalue weighted by molar-refractivity contribution is 6.30. The summed E-state index contributed by atoms with van der Waals surface area (Å²) in [6.07, 6.45) is 1.91. The molecule has 5 nitrogen and oxygen atoms in total. The van der Waals surface area contributed by atoms with Gasteiger partial charge in [0, 0.05) is 17.1 Å². The van der Waals surface area contributed by atoms with E-state index in [9.17, 15) is 14.7 Å². The molecule has 1 atom stereocenters. The van der Waals surface area contributed by atoms with Crippen molar-refractivity contribution in [3.05, 3.63) is 119 Å². The van der Waals surface area contributed by atoms with Crippen LogP contribution >= 0.6 is 11.6 Å². The lowest BCUT2D eigenvalue weighted by atomic mass is 9.64. The van der Waals surface area contributed by atoms with Crippen LogP contribution in [0.3, 0.4) is 0 Å². The molecule has 192 valence electrons. The Morgan fingerprint density at radius 1 is 0.868 bits per heavy atom. The molecule has 4 aromatic rings. The highest BCUT2D eigenvalue weighted by atomic mass is 35.5. The molecule has 1 aliphatic rings. The smallest absolute Gasteiger partial charge is 0.345 e. The van der Waals surface area contributed by atoms with Crippen LogP contribution in [0.25, 0.3) is 11.1 Å². The van der Waals surface area contributed by atoms with E-state index in [0.29, 0.717) is 10.8 Å². The lowest BCUT2D eigenvalue weighted by molar-refractivity contribution is -0.145. The molecule has 0 heterocycles. The largest absolute Gasteiger partial charge is 0.478 e. The van der Waals surface area contributed by atoms with Gasteiger partial charge in [-0.1, -0.05) is 84.8 Å². The number of benzene rings is 4. The normalized spacial score (nSPS) is 14.7. The van der Waals surface area contributed by atoms with Crippen LogP contribution in [0, 0.1) is 0 Å². The van der Waals surface area contributed by atoms with Crippen molar-refractivity contribution in [1.82, 2.24) is 0 Å². The Hall–Kier alpha value is -4.09. The van der Waals surface area contributed by atoms with Crippen molar-refractivity contribution in [2.75, 3.05) is 5.32 Å². The molecule has 0 radical (unpaired) electrons. The highest BCUT2D eigenvalue weighted by Crippen LogP contribution is 2.45. The zero-order chi connectivity index (χ0) is 26.5. The fourth-order valence-corrected chi connectivity index (χ4v) is 4.99. The van der Waals surface area contributed by atoms with Gasteiger partial charge < -0.3 is 15.2 Å². The highest BCUT2D eigenvalue weighted by Gasteiger charge is 2.45. The molecule has 0 aromatic heterocycles. The van der Waals surface area contributed by atoms with Crippen LogP contribution in [0.1, 0.15) is 30.4 Å². The fourth-order valence-electron chi connectivity index (χ4n) is 4.86. The first-order valence-corrected chi connectivity index (χ1v) is 13.0. The van der Waals surface area contributed by atoms with Crippen LogP contribution in [0.15, 0.2) is 103 Å². The number of aliphatic carboxylic acids is 1. The first-order chi connectivity index (χ1) is 18.4. The average Bonchev–Trinajstić information content (AvgIpc) is 2.90. The topological polar surface area (TPSA) is 75.6 Å². The first-order valence-electron chi connectivity index (χ1n) is 12.6. The summed E-state index contributed by atoms with van der Waals surface area (Å²) in [5.74, 6) is -0.535. The minimum Gasteiger partial charge on any atom is -0.478 e. The zero-order valence-electron chi connectivity index (χ0n) is 20.8. The number of ether oxygens (including phenoxy) is 1. The van der Waals surface area contributed by atoms with E-state index in [1.165, 1.54) is 0 Å². The maximum absolute atomic E-state index is 13.3. The number of halogens is 1. The van der Waals surface area contributed by atoms with Gasteiger partial charge in [-0.2, -0.15) is 0 Å². The van der Waals surface area contributed by atoms with Gasteiger partial charge >= 0.3 is 5.97 Å². The van der Waals surface area contributed by atoms with Crippen LogP contribution in [-0.2, 0) is 21.4 Å². The SMILES string of the molecule is O=C(O)C(Cc1ccccc1)Oc1cccc(-c2ccc(NC(=O)C3(c4ccc(Cl)cc4)CCC3)cc2)c1. The van der Waals surface area contributed by atoms with E-state index in [4.69, 9.17) is 16.3 Å². The van der Waals surface area contributed by atoms with Crippen LogP contribution in [0.4, 0.5) is 5.69 Å². The third-order valence-corrected chi connectivity index (χ3v) is 7.42. The van der Waals surface area contributed by atoms with E-state index in [1.54, 1.807) is 6.07 Å². The predicted octanol–water partition coefficient (Wildman–Crippen LogP) is 7.14. The number of anilines is 1. The molecule has 0 aliphatic heterocycles. The van der Waals surface area contributed by atoms with Gasteiger partial charge in [-0.25, -0.2) is 4.79 Å². The van der Waals surface area contributed by atoms with E-state index >= 15 is 0 Å². The monoisotopic (exact) mass is 525 g/mol. The number of hydrogen-bond donors (Lipinski definition) is 2. The second-order valence-electron chi connectivity index (χ2n) is 9.64. The maximum atomic E-state index is 13.3. The molecule has 1 fully saturated rings. The van der Waals surface area contributed by atoms with Gasteiger partial charge in [0.05, 0.1) is 5.41 Å². The number of amides is 1. The Bertz CT molecular complexity index is 1410. The van der Waals surface area contributed by atoms with Crippen molar-refractivity contribution >= 4 is 29.2 Å². The third kappa shape index (κ3) is 5.58. The summed E-state index contributed by atoms with van der Waals surface area (Å²) in [5.41, 5.74) is 3.91. The number of carbonyl (C=O) groups is 2. The second-order valence-corrected chi connectivity index (χ2v) is 10.1. The Labute approximate surface area is 227 Å². The summed E-state index contributed by atoms with van der Waals surface area (Å²) in [5, 5.41) is 13.4. The Morgan fingerprint density at radius 2 is 1.58 bits per heavy atom. The Balaban J connectivity index is 1.27. The Kier molecular flexibility index (Phi) is 7.47. The van der Waals surface area contributed by atoms with Gasteiger partial charge in [-0.3, -0.25) is 4.79 Å². The van der Waals surface area contributed by atoms with Gasteiger partial charge in [-0.05, 0) is 71.5 Å². The lowest BCUT2D eigenvalue weighted by Gasteiger charge is -2.40. The molecule has 5 rings (SSSR count). The minimum atomic E-state index is -1.01.